The van der Waals surface area contributed by atoms with Crippen molar-refractivity contribution < 1.29 is 22.6 Å². The van der Waals surface area contributed by atoms with E-state index in [1.54, 1.807) is 19.3 Å². The summed E-state index contributed by atoms with van der Waals surface area (Å²) in [5, 5.41) is 0. The van der Waals surface area contributed by atoms with Crippen LogP contribution in [0.25, 0.3) is 5.57 Å². The van der Waals surface area contributed by atoms with Crippen LogP contribution in [0.5, 0.6) is 11.5 Å². The Morgan fingerprint density at radius 1 is 1.25 bits per heavy atom. The van der Waals surface area contributed by atoms with Gasteiger partial charge in [-0.2, -0.15) is 0 Å². The summed E-state index contributed by atoms with van der Waals surface area (Å²) in [4.78, 5) is 0.352. The van der Waals surface area contributed by atoms with Gasteiger partial charge in [-0.3, -0.25) is 0 Å². The third-order valence-corrected chi connectivity index (χ3v) is 5.28. The van der Waals surface area contributed by atoms with E-state index in [0.717, 1.165) is 17.6 Å². The first-order valence-electron chi connectivity index (χ1n) is 7.85. The van der Waals surface area contributed by atoms with Crippen LogP contribution in [0, 0.1) is 6.42 Å². The van der Waals surface area contributed by atoms with E-state index in [1.165, 1.54) is 6.26 Å². The molecule has 24 heavy (non-hydrogen) atoms. The van der Waals surface area contributed by atoms with Crippen molar-refractivity contribution in [2.24, 2.45) is 0 Å². The maximum absolute atomic E-state index is 12.1. The second-order valence-corrected chi connectivity index (χ2v) is 7.87. The van der Waals surface area contributed by atoms with Gasteiger partial charge in [-0.05, 0) is 42.2 Å². The summed E-state index contributed by atoms with van der Waals surface area (Å²) in [6.07, 6.45) is 7.99. The number of hydrogen-bond donors (Lipinski definition) is 0. The number of allylic oxidation sites excluding steroid dienone is 3. The molecular formula is C18H21O5S. The molecular weight excluding hydrogens is 328 g/mol. The second kappa shape index (κ2) is 6.99. The van der Waals surface area contributed by atoms with Gasteiger partial charge in [-0.25, -0.2) is 8.42 Å². The van der Waals surface area contributed by atoms with Crippen molar-refractivity contribution in [3.63, 3.8) is 0 Å². The summed E-state index contributed by atoms with van der Waals surface area (Å²) in [7, 11) is -1.70. The highest BCUT2D eigenvalue weighted by Gasteiger charge is 2.22. The van der Waals surface area contributed by atoms with Crippen LogP contribution in [-0.4, -0.2) is 41.1 Å². The van der Waals surface area contributed by atoms with Crippen LogP contribution in [0.4, 0.5) is 0 Å². The smallest absolute Gasteiger partial charge is 0.175 e. The molecule has 0 unspecified atom stereocenters. The predicted molar refractivity (Wildman–Crippen MR) is 92.7 cm³/mol. The average Bonchev–Trinajstić information content (AvgIpc) is 3.07. The van der Waals surface area contributed by atoms with Crippen molar-refractivity contribution >= 4 is 15.4 Å². The van der Waals surface area contributed by atoms with Gasteiger partial charge in [-0.15, -0.1) is 0 Å². The van der Waals surface area contributed by atoms with Gasteiger partial charge in [0.25, 0.3) is 0 Å². The van der Waals surface area contributed by atoms with Crippen LogP contribution in [0.1, 0.15) is 18.4 Å². The Labute approximate surface area is 142 Å². The van der Waals surface area contributed by atoms with Crippen molar-refractivity contribution in [3.8, 4) is 11.5 Å². The van der Waals surface area contributed by atoms with Gasteiger partial charge in [0.2, 0.25) is 0 Å². The minimum absolute atomic E-state index is 0.00433. The first kappa shape index (κ1) is 17.0. The van der Waals surface area contributed by atoms with E-state index >= 15 is 0 Å². The average molecular weight is 349 g/mol. The molecule has 1 atom stereocenters. The van der Waals surface area contributed by atoms with Crippen molar-refractivity contribution in [2.75, 3.05) is 26.6 Å². The third-order valence-electron chi connectivity index (χ3n) is 4.10. The Hall–Kier alpha value is -1.79. The zero-order valence-electron chi connectivity index (χ0n) is 13.8. The molecule has 1 saturated heterocycles. The molecule has 2 aliphatic rings. The zero-order chi connectivity index (χ0) is 17.2. The lowest BCUT2D eigenvalue weighted by atomic mass is 9.97. The van der Waals surface area contributed by atoms with Gasteiger partial charge in [0.1, 0.15) is 6.10 Å². The molecule has 1 aromatic carbocycles. The third kappa shape index (κ3) is 3.65. The molecule has 1 radical (unpaired) electrons. The monoisotopic (exact) mass is 349 g/mol. The lowest BCUT2D eigenvalue weighted by molar-refractivity contribution is 0.138. The topological polar surface area (TPSA) is 61.8 Å². The van der Waals surface area contributed by atoms with Crippen LogP contribution in [0.2, 0.25) is 0 Å². The molecule has 1 aliphatic carbocycles. The summed E-state index contributed by atoms with van der Waals surface area (Å²) < 4.78 is 40.8. The predicted octanol–water partition coefficient (Wildman–Crippen LogP) is 2.78. The highest BCUT2D eigenvalue weighted by molar-refractivity contribution is 7.95. The maximum Gasteiger partial charge on any atom is 0.175 e. The molecule has 3 rings (SSSR count). The molecule has 129 valence electrons. The highest BCUT2D eigenvalue weighted by Crippen LogP contribution is 2.37. The summed E-state index contributed by atoms with van der Waals surface area (Å²) >= 11 is 0. The van der Waals surface area contributed by atoms with E-state index in [2.05, 4.69) is 0 Å². The molecule has 6 heteroatoms. The molecule has 1 heterocycles. The second-order valence-electron chi connectivity index (χ2n) is 5.88. The number of sulfone groups is 1. The summed E-state index contributed by atoms with van der Waals surface area (Å²) in [6, 6.07) is 5.53. The molecule has 1 fully saturated rings. The molecule has 0 amide bonds. The number of benzene rings is 1. The Kier molecular flexibility index (Phi) is 4.96. The quantitative estimate of drug-likeness (QED) is 0.818. The Bertz CT molecular complexity index is 771. The standard InChI is InChI=1S/C18H21O5S/c1-21-16-8-7-13(11-17(16)23-14-9-10-22-12-14)15-5-3-4-6-18(15)24(2,19)20/h3-4,6-8,11,14H,5,9-10,12H2,1-2H3/t14-/m1/s1. The molecule has 1 aromatic rings. The van der Waals surface area contributed by atoms with E-state index in [9.17, 15) is 8.42 Å². The molecule has 0 aromatic heterocycles. The van der Waals surface area contributed by atoms with Gasteiger partial charge in [0.05, 0.1) is 25.2 Å². The molecule has 5 nitrogen and oxygen atoms in total. The van der Waals surface area contributed by atoms with Crippen LogP contribution < -0.4 is 9.47 Å². The van der Waals surface area contributed by atoms with Crippen LogP contribution >= 0.6 is 0 Å². The van der Waals surface area contributed by atoms with Gasteiger partial charge in [0, 0.05) is 12.7 Å². The van der Waals surface area contributed by atoms with Crippen molar-refractivity contribution in [1.82, 2.24) is 0 Å². The fourth-order valence-corrected chi connectivity index (χ4v) is 3.87. The van der Waals surface area contributed by atoms with Gasteiger partial charge < -0.3 is 14.2 Å². The van der Waals surface area contributed by atoms with Gasteiger partial charge in [0.15, 0.2) is 21.3 Å². The SMILES string of the molecule is COc1ccc(C2=C(S(C)(=O)=O)C=C[CH]C2)cc1O[C@@H]1CCOC1. The lowest BCUT2D eigenvalue weighted by Gasteiger charge is -2.19. The van der Waals surface area contributed by atoms with E-state index in [0.29, 0.717) is 36.0 Å². The number of hydrogen-bond acceptors (Lipinski definition) is 5. The minimum Gasteiger partial charge on any atom is -0.493 e. The number of ether oxygens (including phenoxy) is 3. The molecule has 0 N–H and O–H groups in total. The maximum atomic E-state index is 12.1. The van der Waals surface area contributed by atoms with E-state index in [-0.39, 0.29) is 6.10 Å². The molecule has 0 saturated carbocycles. The molecule has 0 bridgehead atoms. The largest absolute Gasteiger partial charge is 0.493 e. The van der Waals surface area contributed by atoms with Crippen LogP contribution in [0.3, 0.4) is 0 Å². The van der Waals surface area contributed by atoms with E-state index in [1.807, 2.05) is 24.6 Å². The normalized spacial score (nSPS) is 21.2. The first-order chi connectivity index (χ1) is 11.5. The summed E-state index contributed by atoms with van der Waals surface area (Å²) in [5.41, 5.74) is 1.60. The van der Waals surface area contributed by atoms with Gasteiger partial charge in [-0.1, -0.05) is 12.1 Å². The Morgan fingerprint density at radius 3 is 2.75 bits per heavy atom. The van der Waals surface area contributed by atoms with Crippen molar-refractivity contribution in [3.05, 3.63) is 47.2 Å². The number of rotatable bonds is 5. The van der Waals surface area contributed by atoms with Crippen LogP contribution in [-0.2, 0) is 14.6 Å². The van der Waals surface area contributed by atoms with Gasteiger partial charge >= 0.3 is 0 Å². The molecule has 0 spiro atoms. The van der Waals surface area contributed by atoms with Crippen LogP contribution in [0.15, 0.2) is 35.3 Å². The Morgan fingerprint density at radius 2 is 2.08 bits per heavy atom. The van der Waals surface area contributed by atoms with Crippen molar-refractivity contribution in [1.29, 1.82) is 0 Å². The highest BCUT2D eigenvalue weighted by atomic mass is 32.2. The number of methoxy groups -OCH3 is 1. The summed E-state index contributed by atoms with van der Waals surface area (Å²) in [6.45, 7) is 1.25. The summed E-state index contributed by atoms with van der Waals surface area (Å²) in [5.74, 6) is 1.24. The fourth-order valence-electron chi connectivity index (χ4n) is 2.89. The Balaban J connectivity index is 2.01. The molecule has 1 aliphatic heterocycles. The minimum atomic E-state index is -3.29. The fraction of sp³-hybridized carbons (Fsp3) is 0.389. The lowest BCUT2D eigenvalue weighted by Crippen LogP contribution is -2.16. The van der Waals surface area contributed by atoms with E-state index < -0.39 is 9.84 Å². The van der Waals surface area contributed by atoms with E-state index in [4.69, 9.17) is 14.2 Å². The zero-order valence-corrected chi connectivity index (χ0v) is 14.6. The first-order valence-corrected chi connectivity index (χ1v) is 9.74. The van der Waals surface area contributed by atoms with Crippen molar-refractivity contribution in [2.45, 2.75) is 18.9 Å².